The highest BCUT2D eigenvalue weighted by Gasteiger charge is 2.12. The van der Waals surface area contributed by atoms with Gasteiger partial charge in [0.25, 0.3) is 0 Å². The molecule has 0 aliphatic rings. The van der Waals surface area contributed by atoms with Gasteiger partial charge < -0.3 is 10.6 Å². The van der Waals surface area contributed by atoms with Crippen molar-refractivity contribution in [1.82, 2.24) is 25.1 Å². The lowest BCUT2D eigenvalue weighted by Gasteiger charge is -2.11. The summed E-state index contributed by atoms with van der Waals surface area (Å²) in [4.78, 5) is 15.7. The van der Waals surface area contributed by atoms with Gasteiger partial charge in [0.2, 0.25) is 5.95 Å². The van der Waals surface area contributed by atoms with E-state index in [1.807, 2.05) is 54.3 Å². The molecule has 0 atom stereocenters. The highest BCUT2D eigenvalue weighted by atomic mass is 127. The van der Waals surface area contributed by atoms with Crippen LogP contribution in [0, 0.1) is 6.92 Å². The summed E-state index contributed by atoms with van der Waals surface area (Å²) in [6, 6.07) is 13.5. The quantitative estimate of drug-likeness (QED) is 0.234. The first kappa shape index (κ1) is 21.3. The molecule has 0 aliphatic heterocycles. The minimum absolute atomic E-state index is 0.463. The molecule has 9 heteroatoms. The van der Waals surface area contributed by atoms with Crippen molar-refractivity contribution in [3.63, 3.8) is 0 Å². The van der Waals surface area contributed by atoms with E-state index < -0.39 is 0 Å². The maximum atomic E-state index is 6.01. The summed E-state index contributed by atoms with van der Waals surface area (Å²) in [6.45, 7) is 4.74. The monoisotopic (exact) mass is 521 g/mol. The van der Waals surface area contributed by atoms with Gasteiger partial charge in [0.1, 0.15) is 11.6 Å². The van der Waals surface area contributed by atoms with Gasteiger partial charge in [-0.05, 0) is 61.2 Å². The minimum atomic E-state index is 0.463. The Labute approximate surface area is 187 Å². The third-order valence-corrected chi connectivity index (χ3v) is 4.26. The van der Waals surface area contributed by atoms with E-state index in [-0.39, 0.29) is 0 Å². The lowest BCUT2D eigenvalue weighted by atomic mass is 10.1. The van der Waals surface area contributed by atoms with Gasteiger partial charge in [-0.25, -0.2) is 9.97 Å². The van der Waals surface area contributed by atoms with Crippen LogP contribution >= 0.6 is 34.2 Å². The molecule has 0 saturated heterocycles. The van der Waals surface area contributed by atoms with Crippen LogP contribution in [0.4, 0.5) is 17.5 Å². The molecule has 0 unspecified atom stereocenters. The molecule has 2 aromatic heterocycles. The second-order valence-corrected chi connectivity index (χ2v) is 6.47. The van der Waals surface area contributed by atoms with Crippen molar-refractivity contribution in [2.24, 2.45) is 0 Å². The fourth-order valence-electron chi connectivity index (χ4n) is 2.77. The lowest BCUT2D eigenvalue weighted by Crippen LogP contribution is -2.02. The summed E-state index contributed by atoms with van der Waals surface area (Å²) < 4.78 is 0. The van der Waals surface area contributed by atoms with E-state index in [0.717, 1.165) is 34.5 Å². The third kappa shape index (κ3) is 5.13. The molecular formula is C20H21ClIN7. The average molecular weight is 522 g/mol. The van der Waals surface area contributed by atoms with Gasteiger partial charge in [0.05, 0.1) is 5.52 Å². The second-order valence-electron chi connectivity index (χ2n) is 6.03. The molecule has 0 amide bonds. The van der Waals surface area contributed by atoms with Crippen molar-refractivity contribution in [3.05, 3.63) is 53.3 Å². The van der Waals surface area contributed by atoms with Gasteiger partial charge in [-0.2, -0.15) is 4.98 Å². The van der Waals surface area contributed by atoms with Crippen LogP contribution in [0.2, 0.25) is 5.02 Å². The van der Waals surface area contributed by atoms with E-state index in [2.05, 4.69) is 55.3 Å². The molecule has 0 radical (unpaired) electrons. The van der Waals surface area contributed by atoms with Crippen molar-refractivity contribution >= 4 is 62.5 Å². The zero-order valence-electron chi connectivity index (χ0n) is 16.3. The largest absolute Gasteiger partial charge is 0.385 e. The number of nitrogens with zero attached hydrogens (tertiary/aromatic N) is 4. The summed E-state index contributed by atoms with van der Waals surface area (Å²) in [7, 11) is 0. The van der Waals surface area contributed by atoms with Crippen LogP contribution in [0.1, 0.15) is 12.7 Å². The number of hydrogen-bond acceptors (Lipinski definition) is 6. The molecule has 0 spiro atoms. The number of fused-ring (bicyclic) bond motifs is 1. The molecule has 0 fully saturated rings. The number of H-pyrrole nitrogens is 1. The Balaban J connectivity index is 0.00000117. The van der Waals surface area contributed by atoms with Gasteiger partial charge in [0.15, 0.2) is 5.82 Å². The van der Waals surface area contributed by atoms with Crippen LogP contribution in [0.5, 0.6) is 0 Å². The number of anilines is 3. The average Bonchev–Trinajstić information content (AvgIpc) is 3.14. The summed E-state index contributed by atoms with van der Waals surface area (Å²) >= 11 is 8.16. The SMILES string of the molecule is CCNc1ccc2c(Nc3n[nH]c(C)n3)nc(-c3ccc(Cl)cc3)nc2c1.CI. The first-order valence-electron chi connectivity index (χ1n) is 8.98. The highest BCUT2D eigenvalue weighted by Crippen LogP contribution is 2.29. The molecule has 3 N–H and O–H groups in total. The normalized spacial score (nSPS) is 10.4. The summed E-state index contributed by atoms with van der Waals surface area (Å²) in [6.07, 6.45) is 0. The number of hydrogen-bond donors (Lipinski definition) is 3. The number of aromatic amines is 1. The van der Waals surface area contributed by atoms with Crippen LogP contribution < -0.4 is 10.6 Å². The zero-order valence-corrected chi connectivity index (χ0v) is 19.2. The Bertz CT molecular complexity index is 1100. The highest BCUT2D eigenvalue weighted by molar-refractivity contribution is 14.1. The van der Waals surface area contributed by atoms with E-state index in [9.17, 15) is 0 Å². The predicted molar refractivity (Wildman–Crippen MR) is 128 cm³/mol. The molecule has 150 valence electrons. The molecule has 29 heavy (non-hydrogen) atoms. The van der Waals surface area contributed by atoms with Crippen molar-refractivity contribution in [1.29, 1.82) is 0 Å². The molecule has 2 aromatic carbocycles. The lowest BCUT2D eigenvalue weighted by molar-refractivity contribution is 1.04. The van der Waals surface area contributed by atoms with Crippen LogP contribution in [0.3, 0.4) is 0 Å². The molecule has 4 aromatic rings. The Morgan fingerprint density at radius 3 is 2.45 bits per heavy atom. The molecule has 0 aliphatic carbocycles. The number of aromatic nitrogens is 5. The third-order valence-electron chi connectivity index (χ3n) is 4.01. The van der Waals surface area contributed by atoms with Gasteiger partial charge in [-0.1, -0.05) is 34.2 Å². The van der Waals surface area contributed by atoms with Gasteiger partial charge in [-0.3, -0.25) is 5.10 Å². The fourth-order valence-corrected chi connectivity index (χ4v) is 2.90. The Morgan fingerprint density at radius 2 is 1.79 bits per heavy atom. The zero-order chi connectivity index (χ0) is 20.8. The summed E-state index contributed by atoms with van der Waals surface area (Å²) in [5.74, 6) is 2.43. The van der Waals surface area contributed by atoms with Crippen LogP contribution in [0.15, 0.2) is 42.5 Å². The first-order chi connectivity index (χ1) is 14.1. The van der Waals surface area contributed by atoms with Crippen LogP contribution in [-0.4, -0.2) is 36.6 Å². The number of halogens is 2. The maximum absolute atomic E-state index is 6.01. The van der Waals surface area contributed by atoms with Crippen LogP contribution in [-0.2, 0) is 0 Å². The Morgan fingerprint density at radius 1 is 1.03 bits per heavy atom. The molecule has 0 bridgehead atoms. The van der Waals surface area contributed by atoms with E-state index in [0.29, 0.717) is 22.6 Å². The number of aryl methyl sites for hydroxylation is 1. The maximum Gasteiger partial charge on any atom is 0.247 e. The minimum Gasteiger partial charge on any atom is -0.385 e. The first-order valence-corrected chi connectivity index (χ1v) is 11.5. The van der Waals surface area contributed by atoms with E-state index >= 15 is 0 Å². The van der Waals surface area contributed by atoms with E-state index in [1.54, 1.807) is 0 Å². The van der Waals surface area contributed by atoms with Crippen molar-refractivity contribution < 1.29 is 0 Å². The van der Waals surface area contributed by atoms with Crippen molar-refractivity contribution in [3.8, 4) is 11.4 Å². The molecule has 4 rings (SSSR count). The second kappa shape index (κ2) is 9.84. The van der Waals surface area contributed by atoms with E-state index in [1.165, 1.54) is 0 Å². The number of rotatable bonds is 5. The fraction of sp³-hybridized carbons (Fsp3) is 0.200. The number of benzene rings is 2. The predicted octanol–water partition coefficient (Wildman–Crippen LogP) is 5.60. The van der Waals surface area contributed by atoms with Gasteiger partial charge in [0, 0.05) is 28.2 Å². The van der Waals surface area contributed by atoms with Gasteiger partial charge >= 0.3 is 0 Å². The molecular weight excluding hydrogens is 501 g/mol. The Kier molecular flexibility index (Phi) is 7.21. The molecule has 2 heterocycles. The molecule has 0 saturated carbocycles. The Hall–Kier alpha value is -2.46. The van der Waals surface area contributed by atoms with Crippen LogP contribution in [0.25, 0.3) is 22.3 Å². The summed E-state index contributed by atoms with van der Waals surface area (Å²) in [5.41, 5.74) is 2.71. The van der Waals surface area contributed by atoms with Crippen molar-refractivity contribution in [2.45, 2.75) is 13.8 Å². The standard InChI is InChI=1S/C19H18ClN7.CH3I/c1-3-21-14-8-9-15-16(10-14)23-17(12-4-6-13(20)7-5-12)24-18(15)25-19-22-11(2)26-27-19;1-2/h4-10,21H,3H2,1-2H3,(H2,22,23,24,25,26,27);1H3. The number of alkyl halides is 1. The topological polar surface area (TPSA) is 91.4 Å². The number of nitrogens with one attached hydrogen (secondary N) is 3. The van der Waals surface area contributed by atoms with Crippen molar-refractivity contribution in [2.75, 3.05) is 22.1 Å². The smallest absolute Gasteiger partial charge is 0.247 e. The molecule has 7 nitrogen and oxygen atoms in total. The summed E-state index contributed by atoms with van der Waals surface area (Å²) in [5, 5.41) is 15.0. The van der Waals surface area contributed by atoms with E-state index in [4.69, 9.17) is 21.6 Å². The van der Waals surface area contributed by atoms with Gasteiger partial charge in [-0.15, -0.1) is 5.10 Å².